The van der Waals surface area contributed by atoms with Gasteiger partial charge in [-0.3, -0.25) is 4.79 Å². The molecule has 0 bridgehead atoms. The molecule has 1 saturated carbocycles. The summed E-state index contributed by atoms with van der Waals surface area (Å²) in [6.07, 6.45) is 4.24. The molecule has 5 heteroatoms. The van der Waals surface area contributed by atoms with Gasteiger partial charge in [-0.1, -0.05) is 6.92 Å². The van der Waals surface area contributed by atoms with E-state index in [9.17, 15) is 4.79 Å². The van der Waals surface area contributed by atoms with Crippen molar-refractivity contribution in [1.29, 1.82) is 0 Å². The van der Waals surface area contributed by atoms with Crippen LogP contribution in [0.5, 0.6) is 0 Å². The lowest BCUT2D eigenvalue weighted by Gasteiger charge is -2.30. The van der Waals surface area contributed by atoms with Gasteiger partial charge in [-0.25, -0.2) is 0 Å². The standard InChI is InChI=1S/C13H19N3OS/c1-9-7-15(4-5-18-9)13(17)12-6-10(14)8-16(12)11-2-3-11/h6,8-9,11H,2-5,7,14H2,1H3. The van der Waals surface area contributed by atoms with Gasteiger partial charge in [0.15, 0.2) is 0 Å². The molecule has 1 saturated heterocycles. The zero-order valence-electron chi connectivity index (χ0n) is 10.6. The molecule has 1 unspecified atom stereocenters. The molecule has 2 heterocycles. The molecular weight excluding hydrogens is 246 g/mol. The molecule has 2 fully saturated rings. The van der Waals surface area contributed by atoms with Crippen molar-refractivity contribution in [3.8, 4) is 0 Å². The Kier molecular flexibility index (Phi) is 3.01. The Balaban J connectivity index is 1.82. The van der Waals surface area contributed by atoms with E-state index in [-0.39, 0.29) is 5.91 Å². The van der Waals surface area contributed by atoms with Crippen LogP contribution in [0.25, 0.3) is 0 Å². The molecule has 0 aromatic carbocycles. The summed E-state index contributed by atoms with van der Waals surface area (Å²) in [5.41, 5.74) is 7.32. The lowest BCUT2D eigenvalue weighted by molar-refractivity contribution is 0.0752. The first-order valence-electron chi connectivity index (χ1n) is 6.53. The highest BCUT2D eigenvalue weighted by atomic mass is 32.2. The smallest absolute Gasteiger partial charge is 0.270 e. The maximum atomic E-state index is 12.6. The van der Waals surface area contributed by atoms with E-state index in [1.807, 2.05) is 28.9 Å². The molecule has 1 aromatic heterocycles. The number of hydrogen-bond acceptors (Lipinski definition) is 3. The molecule has 3 rings (SSSR count). The van der Waals surface area contributed by atoms with Gasteiger partial charge in [0.05, 0.1) is 5.69 Å². The fourth-order valence-electron chi connectivity index (χ4n) is 2.49. The Labute approximate surface area is 112 Å². The summed E-state index contributed by atoms with van der Waals surface area (Å²) < 4.78 is 2.07. The van der Waals surface area contributed by atoms with Crippen molar-refractivity contribution in [3.63, 3.8) is 0 Å². The van der Waals surface area contributed by atoms with Crippen molar-refractivity contribution in [2.45, 2.75) is 31.1 Å². The number of aromatic nitrogens is 1. The first-order chi connectivity index (χ1) is 8.65. The van der Waals surface area contributed by atoms with Gasteiger partial charge in [-0.05, 0) is 18.9 Å². The summed E-state index contributed by atoms with van der Waals surface area (Å²) in [4.78, 5) is 14.5. The maximum Gasteiger partial charge on any atom is 0.270 e. The number of rotatable bonds is 2. The van der Waals surface area contributed by atoms with Crippen LogP contribution >= 0.6 is 11.8 Å². The lowest BCUT2D eigenvalue weighted by Crippen LogP contribution is -2.41. The number of nitrogens with two attached hydrogens (primary N) is 1. The summed E-state index contributed by atoms with van der Waals surface area (Å²) in [5, 5.41) is 0.532. The van der Waals surface area contributed by atoms with Crippen molar-refractivity contribution in [1.82, 2.24) is 9.47 Å². The van der Waals surface area contributed by atoms with E-state index in [0.717, 1.165) is 24.5 Å². The average Bonchev–Trinajstić information content (AvgIpc) is 3.12. The third-order valence-electron chi connectivity index (χ3n) is 3.56. The molecule has 1 aliphatic heterocycles. The van der Waals surface area contributed by atoms with Crippen LogP contribution in [0.3, 0.4) is 0 Å². The molecule has 0 radical (unpaired) electrons. The molecule has 1 aromatic rings. The van der Waals surface area contributed by atoms with Crippen molar-refractivity contribution < 1.29 is 4.79 Å². The molecule has 1 amide bonds. The van der Waals surface area contributed by atoms with Crippen molar-refractivity contribution in [2.24, 2.45) is 0 Å². The quantitative estimate of drug-likeness (QED) is 0.889. The molecule has 1 atom stereocenters. The van der Waals surface area contributed by atoms with Gasteiger partial charge >= 0.3 is 0 Å². The molecule has 2 N–H and O–H groups in total. The first-order valence-corrected chi connectivity index (χ1v) is 7.58. The summed E-state index contributed by atoms with van der Waals surface area (Å²) in [6, 6.07) is 2.32. The number of thioether (sulfide) groups is 1. The number of carbonyl (C=O) groups is 1. The van der Waals surface area contributed by atoms with Crippen LogP contribution in [0.1, 0.15) is 36.3 Å². The van der Waals surface area contributed by atoms with Gasteiger partial charge in [-0.15, -0.1) is 0 Å². The Bertz CT molecular complexity index is 467. The monoisotopic (exact) mass is 265 g/mol. The SMILES string of the molecule is CC1CN(C(=O)c2cc(N)cn2C2CC2)CCS1. The summed E-state index contributed by atoms with van der Waals surface area (Å²) in [5.74, 6) is 1.18. The first kappa shape index (κ1) is 12.0. The van der Waals surface area contributed by atoms with E-state index in [2.05, 4.69) is 11.5 Å². The average molecular weight is 265 g/mol. The van der Waals surface area contributed by atoms with Gasteiger partial charge in [0.25, 0.3) is 5.91 Å². The third kappa shape index (κ3) is 2.23. The van der Waals surface area contributed by atoms with E-state index in [1.165, 1.54) is 12.8 Å². The van der Waals surface area contributed by atoms with E-state index in [0.29, 0.717) is 17.0 Å². The molecule has 98 valence electrons. The van der Waals surface area contributed by atoms with Crippen LogP contribution in [-0.4, -0.2) is 39.5 Å². The van der Waals surface area contributed by atoms with E-state index >= 15 is 0 Å². The Hall–Kier alpha value is -1.10. The highest BCUT2D eigenvalue weighted by Crippen LogP contribution is 2.37. The highest BCUT2D eigenvalue weighted by Gasteiger charge is 2.30. The van der Waals surface area contributed by atoms with Crippen LogP contribution < -0.4 is 5.73 Å². The Morgan fingerprint density at radius 1 is 1.50 bits per heavy atom. The zero-order chi connectivity index (χ0) is 12.7. The number of amides is 1. The van der Waals surface area contributed by atoms with Crippen LogP contribution in [0.4, 0.5) is 5.69 Å². The fraction of sp³-hybridized carbons (Fsp3) is 0.615. The number of carbonyl (C=O) groups excluding carboxylic acids is 1. The Morgan fingerprint density at radius 2 is 2.28 bits per heavy atom. The van der Waals surface area contributed by atoms with Crippen molar-refractivity contribution >= 4 is 23.4 Å². The van der Waals surface area contributed by atoms with Gasteiger partial charge in [0, 0.05) is 36.3 Å². The molecule has 2 aliphatic rings. The molecule has 18 heavy (non-hydrogen) atoms. The molecule has 1 aliphatic carbocycles. The fourth-order valence-corrected chi connectivity index (χ4v) is 3.51. The zero-order valence-corrected chi connectivity index (χ0v) is 11.4. The molecule has 0 spiro atoms. The Morgan fingerprint density at radius 3 is 2.94 bits per heavy atom. The summed E-state index contributed by atoms with van der Waals surface area (Å²) >= 11 is 1.94. The molecule has 4 nitrogen and oxygen atoms in total. The minimum absolute atomic E-state index is 0.144. The maximum absolute atomic E-state index is 12.6. The number of nitrogen functional groups attached to an aromatic ring is 1. The minimum Gasteiger partial charge on any atom is -0.397 e. The predicted octanol–water partition coefficient (Wildman–Crippen LogP) is 1.98. The molecular formula is C13H19N3OS. The second-order valence-corrected chi connectivity index (χ2v) is 6.78. The van der Waals surface area contributed by atoms with Gasteiger partial charge < -0.3 is 15.2 Å². The second kappa shape index (κ2) is 4.53. The third-order valence-corrected chi connectivity index (χ3v) is 4.69. The largest absolute Gasteiger partial charge is 0.397 e. The van der Waals surface area contributed by atoms with Crippen LogP contribution in [-0.2, 0) is 0 Å². The van der Waals surface area contributed by atoms with Crippen LogP contribution in [0, 0.1) is 0 Å². The summed E-state index contributed by atoms with van der Waals surface area (Å²) in [7, 11) is 0. The number of hydrogen-bond donors (Lipinski definition) is 1. The van der Waals surface area contributed by atoms with Gasteiger partial charge in [0.2, 0.25) is 0 Å². The van der Waals surface area contributed by atoms with E-state index < -0.39 is 0 Å². The topological polar surface area (TPSA) is 51.3 Å². The number of nitrogens with zero attached hydrogens (tertiary/aromatic N) is 2. The van der Waals surface area contributed by atoms with Crippen molar-refractivity contribution in [3.05, 3.63) is 18.0 Å². The van der Waals surface area contributed by atoms with E-state index in [4.69, 9.17) is 5.73 Å². The minimum atomic E-state index is 0.144. The van der Waals surface area contributed by atoms with E-state index in [1.54, 1.807) is 0 Å². The van der Waals surface area contributed by atoms with Gasteiger partial charge in [0.1, 0.15) is 5.69 Å². The van der Waals surface area contributed by atoms with Gasteiger partial charge in [-0.2, -0.15) is 11.8 Å². The highest BCUT2D eigenvalue weighted by molar-refractivity contribution is 7.99. The second-order valence-electron chi connectivity index (χ2n) is 5.23. The normalized spacial score (nSPS) is 24.3. The van der Waals surface area contributed by atoms with Crippen LogP contribution in [0.2, 0.25) is 0 Å². The predicted molar refractivity (Wildman–Crippen MR) is 74.9 cm³/mol. The number of anilines is 1. The van der Waals surface area contributed by atoms with Crippen molar-refractivity contribution in [2.75, 3.05) is 24.6 Å². The van der Waals surface area contributed by atoms with Crippen LogP contribution in [0.15, 0.2) is 12.3 Å². The lowest BCUT2D eigenvalue weighted by atomic mass is 10.3. The summed E-state index contributed by atoms with van der Waals surface area (Å²) in [6.45, 7) is 3.88.